The Kier molecular flexibility index (Phi) is 5.56. The number of hydrogen-bond acceptors (Lipinski definition) is 2. The maximum absolute atomic E-state index is 12.7. The zero-order valence-electron chi connectivity index (χ0n) is 9.59. The van der Waals surface area contributed by atoms with Crippen LogP contribution in [0.5, 0.6) is 5.75 Å². The van der Waals surface area contributed by atoms with Crippen LogP contribution in [0.15, 0.2) is 18.2 Å². The molecule has 0 aliphatic rings. The summed E-state index contributed by atoms with van der Waals surface area (Å²) in [5.74, 6) is 0.187. The van der Waals surface area contributed by atoms with Gasteiger partial charge in [-0.15, -0.1) is 0 Å². The third kappa shape index (κ3) is 4.81. The molecule has 1 aromatic rings. The molecular weight excluding hydrogens is 229 g/mol. The number of rotatable bonds is 6. The Hall–Kier alpha value is -0.800. The summed E-state index contributed by atoms with van der Waals surface area (Å²) >= 11 is 5.81. The van der Waals surface area contributed by atoms with E-state index in [-0.39, 0.29) is 5.82 Å². The lowest BCUT2D eigenvalue weighted by Crippen LogP contribution is -2.24. The standard InChI is InChI=1S/C12H17ClFNO/c1-9(2)15-6-3-7-16-12-5-4-10(14)8-11(12)13/h4-5,8-9,15H,3,6-7H2,1-2H3. The molecule has 0 aliphatic carbocycles. The van der Waals surface area contributed by atoms with Gasteiger partial charge >= 0.3 is 0 Å². The molecule has 0 saturated heterocycles. The SMILES string of the molecule is CC(C)NCCCOc1ccc(F)cc1Cl. The van der Waals surface area contributed by atoms with Gasteiger partial charge in [0.05, 0.1) is 11.6 Å². The molecule has 1 aromatic carbocycles. The Labute approximate surface area is 101 Å². The second-order valence-corrected chi connectivity index (χ2v) is 4.29. The van der Waals surface area contributed by atoms with Gasteiger partial charge in [-0.1, -0.05) is 25.4 Å². The zero-order chi connectivity index (χ0) is 12.0. The Balaban J connectivity index is 2.27. The molecule has 0 spiro atoms. The van der Waals surface area contributed by atoms with Crippen molar-refractivity contribution in [3.8, 4) is 5.75 Å². The summed E-state index contributed by atoms with van der Waals surface area (Å²) < 4.78 is 18.2. The molecule has 90 valence electrons. The second-order valence-electron chi connectivity index (χ2n) is 3.89. The van der Waals surface area contributed by atoms with Crippen LogP contribution in [0.3, 0.4) is 0 Å². The third-order valence-corrected chi connectivity index (χ3v) is 2.32. The monoisotopic (exact) mass is 245 g/mol. The van der Waals surface area contributed by atoms with Crippen LogP contribution in [0.2, 0.25) is 5.02 Å². The first-order chi connectivity index (χ1) is 7.59. The molecule has 0 bridgehead atoms. The first-order valence-corrected chi connectivity index (χ1v) is 5.78. The van der Waals surface area contributed by atoms with Crippen LogP contribution in [0.1, 0.15) is 20.3 Å². The second kappa shape index (κ2) is 6.71. The lowest BCUT2D eigenvalue weighted by atomic mass is 10.3. The van der Waals surface area contributed by atoms with Crippen LogP contribution in [0, 0.1) is 5.82 Å². The van der Waals surface area contributed by atoms with Crippen molar-refractivity contribution in [2.75, 3.05) is 13.2 Å². The van der Waals surface area contributed by atoms with Crippen molar-refractivity contribution in [1.29, 1.82) is 0 Å². The van der Waals surface area contributed by atoms with Crippen molar-refractivity contribution in [3.63, 3.8) is 0 Å². The molecule has 0 atom stereocenters. The summed E-state index contributed by atoms with van der Waals surface area (Å²) in [7, 11) is 0. The predicted molar refractivity (Wildman–Crippen MR) is 64.7 cm³/mol. The molecule has 2 nitrogen and oxygen atoms in total. The Morgan fingerprint density at radius 1 is 1.44 bits per heavy atom. The number of nitrogens with one attached hydrogen (secondary N) is 1. The highest BCUT2D eigenvalue weighted by Gasteiger charge is 2.02. The Morgan fingerprint density at radius 3 is 2.81 bits per heavy atom. The normalized spacial score (nSPS) is 10.8. The summed E-state index contributed by atoms with van der Waals surface area (Å²) in [4.78, 5) is 0. The largest absolute Gasteiger partial charge is 0.492 e. The van der Waals surface area contributed by atoms with Gasteiger partial charge in [-0.25, -0.2) is 4.39 Å². The molecule has 4 heteroatoms. The summed E-state index contributed by atoms with van der Waals surface area (Å²) in [6.45, 7) is 5.66. The fraction of sp³-hybridized carbons (Fsp3) is 0.500. The lowest BCUT2D eigenvalue weighted by molar-refractivity contribution is 0.306. The lowest BCUT2D eigenvalue weighted by Gasteiger charge is -2.10. The van der Waals surface area contributed by atoms with Gasteiger partial charge in [0.15, 0.2) is 0 Å². The van der Waals surface area contributed by atoms with Gasteiger partial charge < -0.3 is 10.1 Å². The highest BCUT2D eigenvalue weighted by molar-refractivity contribution is 6.32. The van der Waals surface area contributed by atoms with Gasteiger partial charge in [-0.3, -0.25) is 0 Å². The van der Waals surface area contributed by atoms with Gasteiger partial charge in [0.1, 0.15) is 11.6 Å². The Morgan fingerprint density at radius 2 is 2.19 bits per heavy atom. The average molecular weight is 246 g/mol. The molecule has 0 aromatic heterocycles. The maximum atomic E-state index is 12.7. The van der Waals surface area contributed by atoms with E-state index in [4.69, 9.17) is 16.3 Å². The molecule has 0 radical (unpaired) electrons. The van der Waals surface area contributed by atoms with Gasteiger partial charge in [-0.2, -0.15) is 0 Å². The predicted octanol–water partition coefficient (Wildman–Crippen LogP) is 3.25. The fourth-order valence-electron chi connectivity index (χ4n) is 1.24. The van der Waals surface area contributed by atoms with E-state index in [2.05, 4.69) is 19.2 Å². The molecule has 0 saturated carbocycles. The minimum absolute atomic E-state index is 0.316. The summed E-state index contributed by atoms with van der Waals surface area (Å²) in [5.41, 5.74) is 0. The minimum Gasteiger partial charge on any atom is -0.492 e. The first-order valence-electron chi connectivity index (χ1n) is 5.41. The highest BCUT2D eigenvalue weighted by atomic mass is 35.5. The van der Waals surface area contributed by atoms with Crippen molar-refractivity contribution in [1.82, 2.24) is 5.32 Å². The molecule has 0 aliphatic heterocycles. The molecular formula is C12H17ClFNO. The molecule has 0 fully saturated rings. The first kappa shape index (κ1) is 13.3. The van der Waals surface area contributed by atoms with Crippen molar-refractivity contribution in [3.05, 3.63) is 29.0 Å². The van der Waals surface area contributed by atoms with E-state index in [0.717, 1.165) is 13.0 Å². The molecule has 1 N–H and O–H groups in total. The summed E-state index contributed by atoms with van der Waals surface area (Å²) in [6, 6.07) is 4.62. The Bertz CT molecular complexity index is 331. The molecule has 1 rings (SSSR count). The topological polar surface area (TPSA) is 21.3 Å². The van der Waals surface area contributed by atoms with Crippen molar-refractivity contribution in [2.45, 2.75) is 26.3 Å². The molecule has 0 heterocycles. The van der Waals surface area contributed by atoms with Gasteiger partial charge in [-0.05, 0) is 31.2 Å². The van der Waals surface area contributed by atoms with E-state index in [9.17, 15) is 4.39 Å². The van der Waals surface area contributed by atoms with E-state index in [1.54, 1.807) is 6.07 Å². The molecule has 0 unspecified atom stereocenters. The van der Waals surface area contributed by atoms with Crippen LogP contribution < -0.4 is 10.1 Å². The van der Waals surface area contributed by atoms with Crippen LogP contribution in [0.25, 0.3) is 0 Å². The number of benzene rings is 1. The average Bonchev–Trinajstić information content (AvgIpc) is 2.20. The van der Waals surface area contributed by atoms with E-state index < -0.39 is 0 Å². The fourth-order valence-corrected chi connectivity index (χ4v) is 1.46. The minimum atomic E-state index is -0.348. The van der Waals surface area contributed by atoms with Gasteiger partial charge in [0, 0.05) is 6.04 Å². The van der Waals surface area contributed by atoms with E-state index in [0.29, 0.717) is 23.4 Å². The number of hydrogen-bond donors (Lipinski definition) is 1. The quantitative estimate of drug-likeness (QED) is 0.777. The smallest absolute Gasteiger partial charge is 0.138 e. The highest BCUT2D eigenvalue weighted by Crippen LogP contribution is 2.24. The van der Waals surface area contributed by atoms with Crippen LogP contribution in [-0.4, -0.2) is 19.2 Å². The third-order valence-electron chi connectivity index (χ3n) is 2.03. The van der Waals surface area contributed by atoms with Gasteiger partial charge in [0.25, 0.3) is 0 Å². The number of ether oxygens (including phenoxy) is 1. The summed E-state index contributed by atoms with van der Waals surface area (Å²) in [5, 5.41) is 3.60. The molecule has 0 amide bonds. The van der Waals surface area contributed by atoms with E-state index in [1.165, 1.54) is 12.1 Å². The van der Waals surface area contributed by atoms with E-state index in [1.807, 2.05) is 0 Å². The van der Waals surface area contributed by atoms with Crippen molar-refractivity contribution in [2.24, 2.45) is 0 Å². The number of halogens is 2. The van der Waals surface area contributed by atoms with Gasteiger partial charge in [0.2, 0.25) is 0 Å². The van der Waals surface area contributed by atoms with Crippen LogP contribution in [-0.2, 0) is 0 Å². The maximum Gasteiger partial charge on any atom is 0.138 e. The molecule has 16 heavy (non-hydrogen) atoms. The van der Waals surface area contributed by atoms with Crippen molar-refractivity contribution < 1.29 is 9.13 Å². The van der Waals surface area contributed by atoms with Crippen LogP contribution >= 0.6 is 11.6 Å². The van der Waals surface area contributed by atoms with Crippen LogP contribution in [0.4, 0.5) is 4.39 Å². The summed E-state index contributed by atoms with van der Waals surface area (Å²) in [6.07, 6.45) is 0.895. The van der Waals surface area contributed by atoms with Crippen molar-refractivity contribution >= 4 is 11.6 Å². The van der Waals surface area contributed by atoms with E-state index >= 15 is 0 Å². The zero-order valence-corrected chi connectivity index (χ0v) is 10.4.